The summed E-state index contributed by atoms with van der Waals surface area (Å²) in [5.74, 6) is -1.66. The third-order valence-corrected chi connectivity index (χ3v) is 8.58. The van der Waals surface area contributed by atoms with Crippen molar-refractivity contribution >= 4 is 29.5 Å². The number of aromatic nitrogens is 2. The van der Waals surface area contributed by atoms with Crippen LogP contribution in [0.15, 0.2) is 34.0 Å². The minimum atomic E-state index is -1.28. The van der Waals surface area contributed by atoms with Gasteiger partial charge in [0.1, 0.15) is 18.6 Å². The number of fused-ring (bicyclic) bond motifs is 23. The van der Waals surface area contributed by atoms with Gasteiger partial charge in [0.05, 0.1) is 13.2 Å². The van der Waals surface area contributed by atoms with Gasteiger partial charge in [0, 0.05) is 44.4 Å². The predicted molar refractivity (Wildman–Crippen MR) is 194 cm³/mol. The summed E-state index contributed by atoms with van der Waals surface area (Å²) in [6, 6.07) is 2.84. The van der Waals surface area contributed by atoms with Gasteiger partial charge in [-0.3, -0.25) is 38.3 Å². The first kappa shape index (κ1) is 42.2. The number of H-pyrrole nitrogens is 1. The summed E-state index contributed by atoms with van der Waals surface area (Å²) in [7, 11) is 1.45. The minimum Gasteiger partial charge on any atom is -0.493 e. The fraction of sp³-hybridized carbons (Fsp3) is 0.583. The highest BCUT2D eigenvalue weighted by Crippen LogP contribution is 2.28. The van der Waals surface area contributed by atoms with Gasteiger partial charge in [-0.2, -0.15) is 0 Å². The summed E-state index contributed by atoms with van der Waals surface area (Å²) in [6.45, 7) is 6.97. The van der Waals surface area contributed by atoms with E-state index in [-0.39, 0.29) is 69.0 Å². The molecule has 2 aromatic rings. The summed E-state index contributed by atoms with van der Waals surface area (Å²) < 4.78 is 12.3. The average Bonchev–Trinajstić information content (AvgIpc) is 3.10. The van der Waals surface area contributed by atoms with E-state index >= 15 is 0 Å². The molecule has 0 aliphatic carbocycles. The second-order valence-corrected chi connectivity index (χ2v) is 13.5. The molecule has 0 saturated heterocycles. The zero-order chi connectivity index (χ0) is 39.1. The quantitative estimate of drug-likeness (QED) is 0.208. The fourth-order valence-electron chi connectivity index (χ4n) is 5.66. The molecule has 0 saturated carbocycles. The van der Waals surface area contributed by atoms with Crippen molar-refractivity contribution in [2.45, 2.75) is 91.0 Å². The first-order chi connectivity index (χ1) is 25.2. The maximum Gasteiger partial charge on any atom is 0.328 e. The van der Waals surface area contributed by atoms with E-state index in [0.29, 0.717) is 43.6 Å². The van der Waals surface area contributed by atoms with Crippen LogP contribution in [0, 0.1) is 12.8 Å². The third kappa shape index (κ3) is 13.7. The van der Waals surface area contributed by atoms with E-state index in [1.165, 1.54) is 32.1 Å². The number of nitrogens with one attached hydrogen (secondary N) is 5. The van der Waals surface area contributed by atoms with E-state index in [1.807, 2.05) is 13.8 Å². The highest BCUT2D eigenvalue weighted by atomic mass is 16.5. The van der Waals surface area contributed by atoms with Crippen LogP contribution in [0.3, 0.4) is 0 Å². The fourth-order valence-corrected chi connectivity index (χ4v) is 5.66. The van der Waals surface area contributed by atoms with Gasteiger partial charge in [-0.25, -0.2) is 4.79 Å². The topological polar surface area (TPSA) is 230 Å². The Balaban J connectivity index is 1.80. The lowest BCUT2D eigenvalue weighted by Crippen LogP contribution is -2.57. The lowest BCUT2D eigenvalue weighted by atomic mass is 10.0. The standard InChI is InChI=1S/C36H53N7O10/c1-22(2)17-26-34(49)40-32(24(4)44)35(50)38-13-6-7-15-42(31(47)20-43-19-23(3)33(48)41-36(43)51)16-8-14-37-30(46)21-53-27-11-9-25(18-28(27)52-5)10-12-29(45)39-26/h9,11,18-19,22,24,26,32,44H,6-8,10,12-17,20-21H2,1-5H3,(H,37,46)(H,38,50)(H,39,45)(H,40,49)(H,41,48,51)/t24-,26-,32+/m1/s1. The van der Waals surface area contributed by atoms with Crippen LogP contribution in [0.1, 0.15) is 64.0 Å². The number of carbonyl (C=O) groups excluding carboxylic acids is 5. The molecule has 292 valence electrons. The number of aliphatic hydroxyl groups excluding tert-OH is 1. The number of benzene rings is 1. The van der Waals surface area contributed by atoms with E-state index in [1.54, 1.807) is 18.2 Å². The normalized spacial score (nSPS) is 19.7. The lowest BCUT2D eigenvalue weighted by molar-refractivity contribution is -0.134. The molecule has 0 unspecified atom stereocenters. The molecule has 53 heavy (non-hydrogen) atoms. The van der Waals surface area contributed by atoms with Gasteiger partial charge >= 0.3 is 5.69 Å². The maximum atomic E-state index is 13.4. The van der Waals surface area contributed by atoms with Crippen molar-refractivity contribution in [2.24, 2.45) is 5.92 Å². The summed E-state index contributed by atoms with van der Waals surface area (Å²) >= 11 is 0. The molecular weight excluding hydrogens is 690 g/mol. The Hall–Kier alpha value is -5.19. The number of aliphatic hydroxyl groups is 1. The number of amides is 5. The SMILES string of the molecule is COc1cc2ccc1OCC(=O)NCCCN(C(=O)Cn1cc(C)c(=O)[nH]c1=O)CCCCNC(=O)[C@H]([C@@H](C)O)NC(=O)[C@@H](CC(C)C)NC(=O)CC2. The van der Waals surface area contributed by atoms with Gasteiger partial charge in [0.15, 0.2) is 18.1 Å². The zero-order valence-electron chi connectivity index (χ0n) is 31.1. The zero-order valence-corrected chi connectivity index (χ0v) is 31.1. The monoisotopic (exact) mass is 743 g/mol. The van der Waals surface area contributed by atoms with Gasteiger partial charge in [-0.05, 0) is 69.6 Å². The summed E-state index contributed by atoms with van der Waals surface area (Å²) in [4.78, 5) is 93.3. The van der Waals surface area contributed by atoms with Crippen molar-refractivity contribution in [3.63, 3.8) is 0 Å². The molecule has 6 N–H and O–H groups in total. The Labute approximate surface area is 308 Å². The van der Waals surface area contributed by atoms with E-state index in [2.05, 4.69) is 26.3 Å². The summed E-state index contributed by atoms with van der Waals surface area (Å²) in [5, 5.41) is 21.3. The molecular formula is C36H53N7O10. The van der Waals surface area contributed by atoms with Gasteiger partial charge in [-0.1, -0.05) is 19.9 Å². The van der Waals surface area contributed by atoms with Crippen LogP contribution in [0.5, 0.6) is 11.5 Å². The van der Waals surface area contributed by atoms with Crippen LogP contribution >= 0.6 is 0 Å². The number of rotatable bonds is 6. The third-order valence-electron chi connectivity index (χ3n) is 8.58. The number of aryl methyl sites for hydroxylation is 2. The molecule has 3 heterocycles. The Morgan fingerprint density at radius 3 is 2.36 bits per heavy atom. The van der Waals surface area contributed by atoms with Gasteiger partial charge in [0.25, 0.3) is 11.5 Å². The number of hydrogen-bond donors (Lipinski definition) is 6. The largest absolute Gasteiger partial charge is 0.493 e. The average molecular weight is 744 g/mol. The molecule has 0 fully saturated rings. The van der Waals surface area contributed by atoms with Crippen LogP contribution < -0.4 is 42.0 Å². The smallest absolute Gasteiger partial charge is 0.328 e. The van der Waals surface area contributed by atoms with Crippen molar-refractivity contribution in [1.29, 1.82) is 0 Å². The minimum absolute atomic E-state index is 0.0253. The molecule has 17 nitrogen and oxygen atoms in total. The van der Waals surface area contributed by atoms with E-state index in [4.69, 9.17) is 9.47 Å². The van der Waals surface area contributed by atoms with Crippen molar-refractivity contribution in [2.75, 3.05) is 39.9 Å². The molecule has 2 bridgehead atoms. The van der Waals surface area contributed by atoms with Crippen LogP contribution in [0.2, 0.25) is 0 Å². The molecule has 1 aromatic heterocycles. The van der Waals surface area contributed by atoms with Crippen LogP contribution in [-0.4, -0.2) is 107 Å². The van der Waals surface area contributed by atoms with Gasteiger partial charge in [-0.15, -0.1) is 0 Å². The first-order valence-corrected chi connectivity index (χ1v) is 17.9. The number of carbonyl (C=O) groups is 5. The number of nitrogens with zero attached hydrogens (tertiary/aromatic N) is 2. The van der Waals surface area contributed by atoms with E-state index in [0.717, 1.165) is 10.1 Å². The Kier molecular flexibility index (Phi) is 16.5. The molecule has 5 amide bonds. The van der Waals surface area contributed by atoms with Gasteiger partial charge < -0.3 is 40.7 Å². The lowest BCUT2D eigenvalue weighted by Gasteiger charge is -2.26. The number of ether oxygens (including phenoxy) is 2. The van der Waals surface area contributed by atoms with Crippen molar-refractivity contribution in [3.05, 3.63) is 56.4 Å². The van der Waals surface area contributed by atoms with Crippen molar-refractivity contribution in [3.8, 4) is 11.5 Å². The Morgan fingerprint density at radius 1 is 0.943 bits per heavy atom. The molecule has 1 aromatic carbocycles. The summed E-state index contributed by atoms with van der Waals surface area (Å²) in [6.07, 6.45) is 2.01. The second-order valence-electron chi connectivity index (χ2n) is 13.5. The number of aromatic amines is 1. The molecule has 3 atom stereocenters. The summed E-state index contributed by atoms with van der Waals surface area (Å²) in [5.41, 5.74) is -0.231. The van der Waals surface area contributed by atoms with Gasteiger partial charge in [0.2, 0.25) is 23.6 Å². The molecule has 4 rings (SSSR count). The number of methoxy groups -OCH3 is 1. The second kappa shape index (κ2) is 20.7. The molecule has 2 aliphatic rings. The van der Waals surface area contributed by atoms with Crippen molar-refractivity contribution in [1.82, 2.24) is 35.7 Å². The highest BCUT2D eigenvalue weighted by molar-refractivity contribution is 5.92. The first-order valence-electron chi connectivity index (χ1n) is 17.9. The number of hydrogen-bond acceptors (Lipinski definition) is 10. The van der Waals surface area contributed by atoms with E-state index < -0.39 is 47.2 Å². The molecule has 17 heteroatoms. The molecule has 0 radical (unpaired) electrons. The van der Waals surface area contributed by atoms with Crippen LogP contribution in [0.4, 0.5) is 0 Å². The van der Waals surface area contributed by atoms with Crippen LogP contribution in [0.25, 0.3) is 0 Å². The molecule has 2 aliphatic heterocycles. The Morgan fingerprint density at radius 2 is 1.66 bits per heavy atom. The molecule has 0 spiro atoms. The Bertz CT molecular complexity index is 1700. The van der Waals surface area contributed by atoms with Crippen LogP contribution in [-0.2, 0) is 36.9 Å². The van der Waals surface area contributed by atoms with E-state index in [9.17, 15) is 38.7 Å². The predicted octanol–water partition coefficient (Wildman–Crippen LogP) is -0.493. The highest BCUT2D eigenvalue weighted by Gasteiger charge is 2.30. The maximum absolute atomic E-state index is 13.4. The van der Waals surface area contributed by atoms with Crippen molar-refractivity contribution < 1.29 is 38.6 Å².